The highest BCUT2D eigenvalue weighted by molar-refractivity contribution is 7.99. The quantitative estimate of drug-likeness (QED) is 0.254. The molecule has 2 aliphatic rings. The summed E-state index contributed by atoms with van der Waals surface area (Å²) >= 11 is 14.2. The summed E-state index contributed by atoms with van der Waals surface area (Å²) in [6, 6.07) is 16.2. The molecule has 6 rings (SSSR count). The van der Waals surface area contributed by atoms with Gasteiger partial charge in [-0.2, -0.15) is 0 Å². The summed E-state index contributed by atoms with van der Waals surface area (Å²) in [4.78, 5) is 28.8. The summed E-state index contributed by atoms with van der Waals surface area (Å²) in [6.45, 7) is 2.03. The van der Waals surface area contributed by atoms with Gasteiger partial charge in [0, 0.05) is 43.4 Å². The second-order valence-corrected chi connectivity index (χ2v) is 11.8. The van der Waals surface area contributed by atoms with Gasteiger partial charge in [-0.3, -0.25) is 9.69 Å². The van der Waals surface area contributed by atoms with Crippen molar-refractivity contribution in [1.82, 2.24) is 19.4 Å². The minimum absolute atomic E-state index is 0.229. The molecule has 0 unspecified atom stereocenters. The lowest BCUT2D eigenvalue weighted by molar-refractivity contribution is 0.0985. The summed E-state index contributed by atoms with van der Waals surface area (Å²) in [5.74, 6) is 0.553. The van der Waals surface area contributed by atoms with Gasteiger partial charge in [0.1, 0.15) is 5.03 Å². The van der Waals surface area contributed by atoms with Crippen LogP contribution in [0.15, 0.2) is 72.1 Å². The molecule has 40 heavy (non-hydrogen) atoms. The predicted molar refractivity (Wildman–Crippen MR) is 164 cm³/mol. The normalized spacial score (nSPS) is 16.0. The largest absolute Gasteiger partial charge is 0.370 e. The van der Waals surface area contributed by atoms with Crippen molar-refractivity contribution in [3.05, 3.63) is 82.7 Å². The summed E-state index contributed by atoms with van der Waals surface area (Å²) < 4.78 is 2.13. The maximum atomic E-state index is 13.3. The molecule has 8 nitrogen and oxygen atoms in total. The fourth-order valence-corrected chi connectivity index (χ4v) is 6.79. The maximum absolute atomic E-state index is 13.3. The molecule has 2 aromatic carbocycles. The molecule has 11 heteroatoms. The number of para-hydroxylation sites is 1. The molecule has 206 valence electrons. The zero-order chi connectivity index (χ0) is 27.8. The average Bonchev–Trinajstić information content (AvgIpc) is 3.49. The number of piperidine rings is 1. The number of fused-ring (bicyclic) bond motifs is 1. The van der Waals surface area contributed by atoms with E-state index in [4.69, 9.17) is 23.2 Å². The van der Waals surface area contributed by atoms with E-state index < -0.39 is 0 Å². The molecule has 0 atom stereocenters. The molecule has 1 fully saturated rings. The van der Waals surface area contributed by atoms with Gasteiger partial charge in [-0.05, 0) is 69.4 Å². The van der Waals surface area contributed by atoms with E-state index in [1.807, 2.05) is 12.1 Å². The van der Waals surface area contributed by atoms with Crippen LogP contribution in [-0.4, -0.2) is 64.4 Å². The van der Waals surface area contributed by atoms with E-state index in [0.717, 1.165) is 37.3 Å². The lowest BCUT2D eigenvalue weighted by atomic mass is 10.0. The van der Waals surface area contributed by atoms with Crippen molar-refractivity contribution >= 4 is 63.9 Å². The number of hydrogen-bond donors (Lipinski definition) is 1. The van der Waals surface area contributed by atoms with Gasteiger partial charge in [0.05, 0.1) is 38.5 Å². The molecule has 2 aliphatic heterocycles. The lowest BCUT2D eigenvalue weighted by Gasteiger charge is -2.37. The summed E-state index contributed by atoms with van der Waals surface area (Å²) in [6.07, 6.45) is 7.95. The van der Waals surface area contributed by atoms with Crippen LogP contribution in [0.4, 0.5) is 23.0 Å². The number of rotatable bonds is 6. The van der Waals surface area contributed by atoms with Crippen molar-refractivity contribution in [2.45, 2.75) is 23.9 Å². The first-order valence-electron chi connectivity index (χ1n) is 13.1. The first kappa shape index (κ1) is 27.0. The van der Waals surface area contributed by atoms with Gasteiger partial charge in [0.15, 0.2) is 0 Å². The van der Waals surface area contributed by atoms with Crippen LogP contribution >= 0.6 is 35.0 Å². The zero-order valence-electron chi connectivity index (χ0n) is 22.2. The Morgan fingerprint density at radius 3 is 2.42 bits per heavy atom. The van der Waals surface area contributed by atoms with E-state index in [9.17, 15) is 4.79 Å². The molecule has 2 aromatic heterocycles. The van der Waals surface area contributed by atoms with Crippen LogP contribution in [0.2, 0.25) is 10.0 Å². The summed E-state index contributed by atoms with van der Waals surface area (Å²) in [7, 11) is 4.32. The first-order valence-corrected chi connectivity index (χ1v) is 14.8. The average molecular weight is 595 g/mol. The molecule has 0 bridgehead atoms. The highest BCUT2D eigenvalue weighted by atomic mass is 35.5. The Morgan fingerprint density at radius 2 is 1.73 bits per heavy atom. The van der Waals surface area contributed by atoms with E-state index in [-0.39, 0.29) is 5.91 Å². The Bertz CT molecular complexity index is 1520. The number of anilines is 4. The van der Waals surface area contributed by atoms with Crippen LogP contribution in [0.3, 0.4) is 0 Å². The van der Waals surface area contributed by atoms with Crippen molar-refractivity contribution in [1.29, 1.82) is 0 Å². The van der Waals surface area contributed by atoms with Gasteiger partial charge in [-0.1, -0.05) is 41.0 Å². The number of nitrogens with one attached hydrogen (secondary N) is 1. The Labute approximate surface area is 247 Å². The van der Waals surface area contributed by atoms with Gasteiger partial charge in [-0.15, -0.1) is 0 Å². The van der Waals surface area contributed by atoms with Crippen molar-refractivity contribution < 1.29 is 4.79 Å². The summed E-state index contributed by atoms with van der Waals surface area (Å²) in [5.41, 5.74) is 4.08. The number of thioether (sulfide) groups is 1. The number of carbonyl (C=O) groups is 1. The first-order chi connectivity index (χ1) is 19.4. The van der Waals surface area contributed by atoms with Crippen LogP contribution in [0.5, 0.6) is 0 Å². The zero-order valence-corrected chi connectivity index (χ0v) is 24.5. The monoisotopic (exact) mass is 593 g/mol. The maximum Gasteiger partial charge on any atom is 0.263 e. The third-order valence-electron chi connectivity index (χ3n) is 7.42. The Morgan fingerprint density at radius 1 is 1.00 bits per heavy atom. The van der Waals surface area contributed by atoms with E-state index in [2.05, 4.69) is 74.3 Å². The van der Waals surface area contributed by atoms with Gasteiger partial charge in [0.2, 0.25) is 5.95 Å². The van der Waals surface area contributed by atoms with E-state index >= 15 is 0 Å². The van der Waals surface area contributed by atoms with E-state index in [0.29, 0.717) is 44.2 Å². The van der Waals surface area contributed by atoms with Gasteiger partial charge < -0.3 is 19.7 Å². The molecular weight excluding hydrogens is 565 g/mol. The smallest absolute Gasteiger partial charge is 0.263 e. The fourth-order valence-electron chi connectivity index (χ4n) is 5.25. The van der Waals surface area contributed by atoms with Crippen LogP contribution in [-0.2, 0) is 0 Å². The number of amides is 1. The van der Waals surface area contributed by atoms with Gasteiger partial charge >= 0.3 is 0 Å². The van der Waals surface area contributed by atoms with Crippen molar-refractivity contribution in [2.24, 2.45) is 0 Å². The van der Waals surface area contributed by atoms with Crippen LogP contribution in [0.1, 0.15) is 23.2 Å². The third kappa shape index (κ3) is 5.26. The minimum Gasteiger partial charge on any atom is -0.370 e. The molecule has 1 amide bonds. The standard InChI is InChI=1S/C29H29Cl2N7OS/c1-35(2)20-10-14-37(15-11-20)24-9-8-19(16-25(24)36-12-3-4-13-36)33-29-32-17-21-27(34-29)40-18-38(28(21)39)26-22(30)6-5-7-23(26)31/h3-9,12-13,16-17,20H,10-11,14-15,18H2,1-2H3,(H,32,33,34). The van der Waals surface area contributed by atoms with E-state index in [1.165, 1.54) is 17.4 Å². The van der Waals surface area contributed by atoms with Crippen LogP contribution < -0.4 is 15.1 Å². The number of aromatic nitrogens is 3. The third-order valence-corrected chi connectivity index (χ3v) is 9.00. The molecule has 0 aliphatic carbocycles. The van der Waals surface area contributed by atoms with Crippen LogP contribution in [0.25, 0.3) is 5.69 Å². The predicted octanol–water partition coefficient (Wildman–Crippen LogP) is 6.56. The highest BCUT2D eigenvalue weighted by Gasteiger charge is 2.30. The fraction of sp³-hybridized carbons (Fsp3) is 0.276. The minimum atomic E-state index is -0.229. The topological polar surface area (TPSA) is 69.5 Å². The van der Waals surface area contributed by atoms with E-state index in [1.54, 1.807) is 29.3 Å². The SMILES string of the molecule is CN(C)C1CCN(c2ccc(Nc3ncc4c(n3)SCN(c3c(Cl)cccc3Cl)C4=O)cc2-n2cccc2)CC1. The molecular formula is C29H29Cl2N7OS. The molecule has 0 saturated carbocycles. The lowest BCUT2D eigenvalue weighted by Crippen LogP contribution is -2.42. The van der Waals surface area contributed by atoms with Gasteiger partial charge in [-0.25, -0.2) is 9.97 Å². The van der Waals surface area contributed by atoms with Crippen molar-refractivity contribution in [2.75, 3.05) is 48.2 Å². The Kier molecular flexibility index (Phi) is 7.63. The molecule has 0 spiro atoms. The Balaban J connectivity index is 1.24. The number of benzene rings is 2. The number of nitrogens with zero attached hydrogens (tertiary/aromatic N) is 6. The Hall–Kier alpha value is -3.24. The molecule has 0 radical (unpaired) electrons. The van der Waals surface area contributed by atoms with Crippen molar-refractivity contribution in [3.8, 4) is 5.69 Å². The number of hydrogen-bond acceptors (Lipinski definition) is 7. The second kappa shape index (κ2) is 11.3. The molecule has 4 aromatic rings. The highest BCUT2D eigenvalue weighted by Crippen LogP contribution is 2.39. The van der Waals surface area contributed by atoms with Crippen molar-refractivity contribution in [3.63, 3.8) is 0 Å². The van der Waals surface area contributed by atoms with Crippen LogP contribution in [0, 0.1) is 0 Å². The molecule has 4 heterocycles. The number of carbonyl (C=O) groups excluding carboxylic acids is 1. The van der Waals surface area contributed by atoms with Gasteiger partial charge in [0.25, 0.3) is 5.91 Å². The summed E-state index contributed by atoms with van der Waals surface area (Å²) in [5, 5.41) is 4.81. The number of halogens is 2. The molecule has 1 saturated heterocycles. The molecule has 1 N–H and O–H groups in total. The second-order valence-electron chi connectivity index (χ2n) is 10.1.